The number of aliphatic hydroxyl groups excluding tert-OH is 2. The average molecular weight is 172 g/mol. The molecule has 0 aromatic carbocycles. The topological polar surface area (TPSA) is 40.5 Å². The van der Waals surface area contributed by atoms with Crippen LogP contribution in [0.4, 0.5) is 0 Å². The summed E-state index contributed by atoms with van der Waals surface area (Å²) >= 11 is 0. The predicted octanol–water partition coefficient (Wildman–Crippen LogP) is 1.70. The lowest BCUT2D eigenvalue weighted by atomic mass is 9.79. The van der Waals surface area contributed by atoms with Crippen LogP contribution in [0.2, 0.25) is 0 Å². The van der Waals surface area contributed by atoms with Crippen LogP contribution in [0.15, 0.2) is 0 Å². The zero-order valence-corrected chi connectivity index (χ0v) is 7.92. The van der Waals surface area contributed by atoms with E-state index in [0.29, 0.717) is 0 Å². The molecular formula is C10H20O2. The highest BCUT2D eigenvalue weighted by Crippen LogP contribution is 2.41. The molecule has 0 aromatic rings. The zero-order chi connectivity index (χ0) is 9.03. The first-order valence-corrected chi connectivity index (χ1v) is 5.04. The van der Waals surface area contributed by atoms with Gasteiger partial charge in [0.2, 0.25) is 0 Å². The first-order chi connectivity index (χ1) is 5.75. The first kappa shape index (κ1) is 10.0. The summed E-state index contributed by atoms with van der Waals surface area (Å²) in [7, 11) is 0. The first-order valence-electron chi connectivity index (χ1n) is 5.04. The molecule has 72 valence electrons. The molecule has 0 aromatic heterocycles. The maximum absolute atomic E-state index is 9.84. The van der Waals surface area contributed by atoms with E-state index in [0.717, 1.165) is 25.7 Å². The number of aliphatic hydroxyl groups is 2. The van der Waals surface area contributed by atoms with Crippen molar-refractivity contribution in [3.05, 3.63) is 0 Å². The Hall–Kier alpha value is -0.0800. The number of hydrogen-bond donors (Lipinski definition) is 2. The summed E-state index contributed by atoms with van der Waals surface area (Å²) in [5.74, 6) is 0. The summed E-state index contributed by atoms with van der Waals surface area (Å²) in [5.41, 5.74) is -0.143. The van der Waals surface area contributed by atoms with Gasteiger partial charge in [-0.05, 0) is 19.3 Å². The van der Waals surface area contributed by atoms with Crippen molar-refractivity contribution in [2.45, 2.75) is 51.6 Å². The molecule has 0 saturated heterocycles. The van der Waals surface area contributed by atoms with Crippen molar-refractivity contribution >= 4 is 0 Å². The van der Waals surface area contributed by atoms with Crippen LogP contribution < -0.4 is 0 Å². The Morgan fingerprint density at radius 1 is 1.33 bits per heavy atom. The van der Waals surface area contributed by atoms with E-state index in [-0.39, 0.29) is 18.1 Å². The fraction of sp³-hybridized carbons (Fsp3) is 1.00. The van der Waals surface area contributed by atoms with Gasteiger partial charge in [-0.3, -0.25) is 0 Å². The van der Waals surface area contributed by atoms with Gasteiger partial charge in [-0.25, -0.2) is 0 Å². The van der Waals surface area contributed by atoms with Crippen molar-refractivity contribution in [2.75, 3.05) is 6.61 Å². The van der Waals surface area contributed by atoms with Crippen molar-refractivity contribution in [3.63, 3.8) is 0 Å². The summed E-state index contributed by atoms with van der Waals surface area (Å²) < 4.78 is 0. The van der Waals surface area contributed by atoms with E-state index in [1.165, 1.54) is 12.8 Å². The van der Waals surface area contributed by atoms with Crippen LogP contribution in [0.1, 0.15) is 45.4 Å². The van der Waals surface area contributed by atoms with Crippen LogP contribution in [0.25, 0.3) is 0 Å². The third-order valence-corrected chi connectivity index (χ3v) is 3.18. The van der Waals surface area contributed by atoms with Crippen LogP contribution in [0.3, 0.4) is 0 Å². The average Bonchev–Trinajstić information content (AvgIpc) is 2.54. The molecule has 2 nitrogen and oxygen atoms in total. The number of rotatable bonds is 4. The summed E-state index contributed by atoms with van der Waals surface area (Å²) in [5, 5.41) is 19.1. The van der Waals surface area contributed by atoms with Crippen molar-refractivity contribution in [3.8, 4) is 0 Å². The molecule has 12 heavy (non-hydrogen) atoms. The van der Waals surface area contributed by atoms with E-state index < -0.39 is 0 Å². The van der Waals surface area contributed by atoms with Crippen LogP contribution in [0.5, 0.6) is 0 Å². The Kier molecular flexibility index (Phi) is 3.53. The van der Waals surface area contributed by atoms with E-state index in [4.69, 9.17) is 0 Å². The van der Waals surface area contributed by atoms with E-state index in [9.17, 15) is 10.2 Å². The molecule has 1 saturated carbocycles. The highest BCUT2D eigenvalue weighted by atomic mass is 16.3. The van der Waals surface area contributed by atoms with Gasteiger partial charge in [0.1, 0.15) is 0 Å². The van der Waals surface area contributed by atoms with Crippen LogP contribution in [-0.2, 0) is 0 Å². The fourth-order valence-electron chi connectivity index (χ4n) is 2.26. The largest absolute Gasteiger partial charge is 0.396 e. The van der Waals surface area contributed by atoms with Gasteiger partial charge in [0.15, 0.2) is 0 Å². The SMILES string of the molecule is CCCC(O)C1(CO)CCCC1. The predicted molar refractivity (Wildman–Crippen MR) is 48.9 cm³/mol. The molecule has 0 bridgehead atoms. The molecule has 0 spiro atoms. The maximum atomic E-state index is 9.84. The smallest absolute Gasteiger partial charge is 0.0618 e. The van der Waals surface area contributed by atoms with E-state index >= 15 is 0 Å². The molecule has 1 aliphatic rings. The third-order valence-electron chi connectivity index (χ3n) is 3.18. The van der Waals surface area contributed by atoms with Gasteiger partial charge in [-0.1, -0.05) is 26.2 Å². The molecule has 1 fully saturated rings. The highest BCUT2D eigenvalue weighted by Gasteiger charge is 2.39. The van der Waals surface area contributed by atoms with Gasteiger partial charge in [0.25, 0.3) is 0 Å². The van der Waals surface area contributed by atoms with Gasteiger partial charge < -0.3 is 10.2 Å². The molecule has 2 N–H and O–H groups in total. The lowest BCUT2D eigenvalue weighted by molar-refractivity contribution is -0.0182. The van der Waals surface area contributed by atoms with Gasteiger partial charge in [-0.2, -0.15) is 0 Å². The summed E-state index contributed by atoms with van der Waals surface area (Å²) in [6, 6.07) is 0. The molecule has 0 radical (unpaired) electrons. The van der Waals surface area contributed by atoms with E-state index in [1.807, 2.05) is 0 Å². The summed E-state index contributed by atoms with van der Waals surface area (Å²) in [6.07, 6.45) is 5.90. The van der Waals surface area contributed by atoms with Crippen molar-refractivity contribution < 1.29 is 10.2 Å². The molecule has 1 rings (SSSR count). The number of hydrogen-bond acceptors (Lipinski definition) is 2. The minimum Gasteiger partial charge on any atom is -0.396 e. The Balaban J connectivity index is 2.52. The lowest BCUT2D eigenvalue weighted by Gasteiger charge is -2.32. The minimum atomic E-state index is -0.282. The maximum Gasteiger partial charge on any atom is 0.0618 e. The highest BCUT2D eigenvalue weighted by molar-refractivity contribution is 4.89. The summed E-state index contributed by atoms with van der Waals surface area (Å²) in [4.78, 5) is 0. The minimum absolute atomic E-state index is 0.143. The van der Waals surface area contributed by atoms with E-state index in [2.05, 4.69) is 6.92 Å². The van der Waals surface area contributed by atoms with Gasteiger partial charge in [-0.15, -0.1) is 0 Å². The monoisotopic (exact) mass is 172 g/mol. The Labute approximate surface area is 74.6 Å². The van der Waals surface area contributed by atoms with Crippen LogP contribution >= 0.6 is 0 Å². The van der Waals surface area contributed by atoms with Gasteiger partial charge >= 0.3 is 0 Å². The molecule has 1 atom stereocenters. The second-order valence-corrected chi connectivity index (χ2v) is 4.03. The van der Waals surface area contributed by atoms with Crippen molar-refractivity contribution in [2.24, 2.45) is 5.41 Å². The lowest BCUT2D eigenvalue weighted by Crippen LogP contribution is -2.35. The molecule has 0 aliphatic heterocycles. The Bertz CT molecular complexity index is 128. The normalized spacial score (nSPS) is 24.2. The van der Waals surface area contributed by atoms with Gasteiger partial charge in [0, 0.05) is 5.41 Å². The molecule has 0 amide bonds. The second kappa shape index (κ2) is 4.24. The third kappa shape index (κ3) is 1.80. The summed E-state index contributed by atoms with van der Waals surface area (Å²) in [6.45, 7) is 2.23. The van der Waals surface area contributed by atoms with Gasteiger partial charge in [0.05, 0.1) is 12.7 Å². The van der Waals surface area contributed by atoms with Crippen molar-refractivity contribution in [1.82, 2.24) is 0 Å². The van der Waals surface area contributed by atoms with Crippen LogP contribution in [0, 0.1) is 5.41 Å². The second-order valence-electron chi connectivity index (χ2n) is 4.03. The fourth-order valence-corrected chi connectivity index (χ4v) is 2.26. The Morgan fingerprint density at radius 3 is 2.33 bits per heavy atom. The van der Waals surface area contributed by atoms with E-state index in [1.54, 1.807) is 0 Å². The zero-order valence-electron chi connectivity index (χ0n) is 7.92. The Morgan fingerprint density at radius 2 is 1.92 bits per heavy atom. The van der Waals surface area contributed by atoms with Crippen LogP contribution in [-0.4, -0.2) is 22.9 Å². The molecule has 1 unspecified atom stereocenters. The quantitative estimate of drug-likeness (QED) is 0.677. The molecule has 1 aliphatic carbocycles. The van der Waals surface area contributed by atoms with Crippen molar-refractivity contribution in [1.29, 1.82) is 0 Å². The standard InChI is InChI=1S/C10H20O2/c1-2-5-9(12)10(8-11)6-3-4-7-10/h9,11-12H,2-8H2,1H3. The molecular weight excluding hydrogens is 152 g/mol. The molecule has 0 heterocycles. The molecule has 2 heteroatoms.